The SMILES string of the molecule is CCOC(=O)C1=C(C)OC(N)=C(C#N)C1c1ccc(OC(C)C(=O)O)c(Cl)c1. The summed E-state index contributed by atoms with van der Waals surface area (Å²) in [5.74, 6) is -2.37. The Morgan fingerprint density at radius 1 is 1.46 bits per heavy atom. The first-order valence-electron chi connectivity index (χ1n) is 8.35. The van der Waals surface area contributed by atoms with Crippen LogP contribution in [0.4, 0.5) is 0 Å². The molecule has 0 radical (unpaired) electrons. The molecule has 28 heavy (non-hydrogen) atoms. The molecule has 9 heteroatoms. The number of aliphatic carboxylic acids is 1. The predicted octanol–water partition coefficient (Wildman–Crippen LogP) is 2.84. The maximum atomic E-state index is 12.5. The van der Waals surface area contributed by atoms with Gasteiger partial charge >= 0.3 is 11.9 Å². The van der Waals surface area contributed by atoms with Gasteiger partial charge in [0.1, 0.15) is 23.2 Å². The molecule has 0 aromatic heterocycles. The van der Waals surface area contributed by atoms with E-state index < -0.39 is 24.0 Å². The van der Waals surface area contributed by atoms with Crippen molar-refractivity contribution in [3.05, 3.63) is 51.6 Å². The number of allylic oxidation sites excluding steroid dienone is 2. The fraction of sp³-hybridized carbons (Fsp3) is 0.316. The van der Waals surface area contributed by atoms with E-state index in [1.54, 1.807) is 19.9 Å². The van der Waals surface area contributed by atoms with Gasteiger partial charge in [0, 0.05) is 0 Å². The normalized spacial score (nSPS) is 17.5. The van der Waals surface area contributed by atoms with Crippen molar-refractivity contribution in [1.29, 1.82) is 5.26 Å². The van der Waals surface area contributed by atoms with Crippen molar-refractivity contribution in [1.82, 2.24) is 0 Å². The first kappa shape index (κ1) is 21.1. The fourth-order valence-electron chi connectivity index (χ4n) is 2.72. The second-order valence-electron chi connectivity index (χ2n) is 5.90. The minimum absolute atomic E-state index is 0.0392. The zero-order valence-corrected chi connectivity index (χ0v) is 16.2. The highest BCUT2D eigenvalue weighted by Crippen LogP contribution is 2.41. The minimum atomic E-state index is -1.14. The third-order valence-electron chi connectivity index (χ3n) is 4.04. The van der Waals surface area contributed by atoms with Gasteiger partial charge in [0.05, 0.1) is 23.1 Å². The summed E-state index contributed by atoms with van der Waals surface area (Å²) in [5, 5.41) is 18.6. The second kappa shape index (κ2) is 8.67. The maximum absolute atomic E-state index is 12.5. The number of carboxylic acid groups (broad SMARTS) is 1. The lowest BCUT2D eigenvalue weighted by Gasteiger charge is -2.27. The minimum Gasteiger partial charge on any atom is -0.479 e. The highest BCUT2D eigenvalue weighted by molar-refractivity contribution is 6.32. The Hall–Kier alpha value is -3.18. The molecule has 1 heterocycles. The lowest BCUT2D eigenvalue weighted by atomic mass is 9.83. The van der Waals surface area contributed by atoms with Gasteiger partial charge < -0.3 is 25.1 Å². The summed E-state index contributed by atoms with van der Waals surface area (Å²) in [4.78, 5) is 23.4. The molecule has 1 aromatic rings. The van der Waals surface area contributed by atoms with Crippen LogP contribution in [0.3, 0.4) is 0 Å². The number of nitrogens with zero attached hydrogens (tertiary/aromatic N) is 1. The van der Waals surface area contributed by atoms with E-state index in [1.807, 2.05) is 6.07 Å². The molecular weight excluding hydrogens is 388 g/mol. The quantitative estimate of drug-likeness (QED) is 0.689. The van der Waals surface area contributed by atoms with Crippen molar-refractivity contribution < 1.29 is 28.9 Å². The largest absolute Gasteiger partial charge is 0.479 e. The zero-order valence-electron chi connectivity index (χ0n) is 15.5. The monoisotopic (exact) mass is 406 g/mol. The summed E-state index contributed by atoms with van der Waals surface area (Å²) in [6.45, 7) is 4.72. The third-order valence-corrected chi connectivity index (χ3v) is 4.34. The van der Waals surface area contributed by atoms with E-state index in [0.717, 1.165) is 0 Å². The molecule has 0 aliphatic carbocycles. The number of carboxylic acids is 1. The van der Waals surface area contributed by atoms with Crippen LogP contribution in [0.25, 0.3) is 0 Å². The van der Waals surface area contributed by atoms with Crippen LogP contribution in [0.1, 0.15) is 32.3 Å². The molecule has 0 spiro atoms. The number of rotatable bonds is 6. The van der Waals surface area contributed by atoms with Crippen LogP contribution in [-0.2, 0) is 19.1 Å². The third kappa shape index (κ3) is 4.21. The van der Waals surface area contributed by atoms with E-state index in [4.69, 9.17) is 36.7 Å². The Balaban J connectivity index is 2.52. The van der Waals surface area contributed by atoms with Crippen LogP contribution < -0.4 is 10.5 Å². The van der Waals surface area contributed by atoms with Crippen LogP contribution in [0.5, 0.6) is 5.75 Å². The van der Waals surface area contributed by atoms with Gasteiger partial charge in [0.2, 0.25) is 5.88 Å². The van der Waals surface area contributed by atoms with Crippen molar-refractivity contribution in [2.45, 2.75) is 32.8 Å². The number of hydrogen-bond acceptors (Lipinski definition) is 7. The summed E-state index contributed by atoms with van der Waals surface area (Å²) in [7, 11) is 0. The number of nitriles is 1. The van der Waals surface area contributed by atoms with Gasteiger partial charge in [-0.2, -0.15) is 5.26 Å². The molecule has 1 aliphatic rings. The fourth-order valence-corrected chi connectivity index (χ4v) is 2.95. The molecular formula is C19H19ClN2O6. The highest BCUT2D eigenvalue weighted by atomic mass is 35.5. The van der Waals surface area contributed by atoms with Crippen LogP contribution in [0.15, 0.2) is 41.0 Å². The van der Waals surface area contributed by atoms with Gasteiger partial charge in [0.15, 0.2) is 6.10 Å². The van der Waals surface area contributed by atoms with Crippen molar-refractivity contribution in [3.8, 4) is 11.8 Å². The molecule has 2 unspecified atom stereocenters. The maximum Gasteiger partial charge on any atom is 0.344 e. The molecule has 2 atom stereocenters. The van der Waals surface area contributed by atoms with Crippen LogP contribution >= 0.6 is 11.6 Å². The van der Waals surface area contributed by atoms with E-state index in [-0.39, 0.29) is 40.2 Å². The lowest BCUT2D eigenvalue weighted by molar-refractivity contribution is -0.144. The molecule has 1 aliphatic heterocycles. The van der Waals surface area contributed by atoms with Crippen molar-refractivity contribution in [3.63, 3.8) is 0 Å². The average molecular weight is 407 g/mol. The molecule has 0 amide bonds. The van der Waals surface area contributed by atoms with Crippen LogP contribution in [-0.4, -0.2) is 29.8 Å². The second-order valence-corrected chi connectivity index (χ2v) is 6.31. The summed E-state index contributed by atoms with van der Waals surface area (Å²) >= 11 is 6.24. The molecule has 8 nitrogen and oxygen atoms in total. The highest BCUT2D eigenvalue weighted by Gasteiger charge is 2.36. The lowest BCUT2D eigenvalue weighted by Crippen LogP contribution is -2.25. The Labute approximate surface area is 166 Å². The summed E-state index contributed by atoms with van der Waals surface area (Å²) in [5.41, 5.74) is 6.49. The average Bonchev–Trinajstić information content (AvgIpc) is 2.62. The van der Waals surface area contributed by atoms with E-state index >= 15 is 0 Å². The van der Waals surface area contributed by atoms with Gasteiger partial charge in [-0.1, -0.05) is 17.7 Å². The molecule has 3 N–H and O–H groups in total. The van der Waals surface area contributed by atoms with Gasteiger partial charge in [0.25, 0.3) is 0 Å². The Bertz CT molecular complexity index is 915. The summed E-state index contributed by atoms with van der Waals surface area (Å²) < 4.78 is 15.7. The van der Waals surface area contributed by atoms with Crippen molar-refractivity contribution in [2.75, 3.05) is 6.61 Å². The molecule has 0 bridgehead atoms. The molecule has 148 valence electrons. The molecule has 0 saturated heterocycles. The Kier molecular flexibility index (Phi) is 6.54. The number of carbonyl (C=O) groups is 2. The molecule has 2 rings (SSSR count). The summed E-state index contributed by atoms with van der Waals surface area (Å²) in [6, 6.07) is 6.49. The zero-order chi connectivity index (χ0) is 21.0. The number of hydrogen-bond donors (Lipinski definition) is 2. The number of esters is 1. The summed E-state index contributed by atoms with van der Waals surface area (Å²) in [6.07, 6.45) is -1.10. The first-order valence-corrected chi connectivity index (χ1v) is 8.73. The van der Waals surface area contributed by atoms with Crippen molar-refractivity contribution >= 4 is 23.5 Å². The smallest absolute Gasteiger partial charge is 0.344 e. The van der Waals surface area contributed by atoms with Crippen LogP contribution in [0.2, 0.25) is 5.02 Å². The van der Waals surface area contributed by atoms with Gasteiger partial charge in [-0.25, -0.2) is 9.59 Å². The number of carbonyl (C=O) groups excluding carboxylic acids is 1. The number of halogens is 1. The number of ether oxygens (including phenoxy) is 3. The van der Waals surface area contributed by atoms with Gasteiger partial charge in [-0.05, 0) is 38.5 Å². The van der Waals surface area contributed by atoms with Gasteiger partial charge in [-0.3, -0.25) is 0 Å². The molecule has 1 aromatic carbocycles. The number of benzene rings is 1. The Morgan fingerprint density at radius 2 is 2.14 bits per heavy atom. The van der Waals surface area contributed by atoms with E-state index in [0.29, 0.717) is 5.56 Å². The number of nitrogens with two attached hydrogens (primary N) is 1. The standard InChI is InChI=1S/C19H19ClN2O6/c1-4-26-19(25)15-9(2)28-17(22)12(8-21)16(15)11-5-6-14(13(20)7-11)27-10(3)18(23)24/h5-7,10,16H,4,22H2,1-3H3,(H,23,24). The van der Waals surface area contributed by atoms with Crippen LogP contribution in [0, 0.1) is 11.3 Å². The van der Waals surface area contributed by atoms with E-state index in [2.05, 4.69) is 0 Å². The molecule has 0 saturated carbocycles. The van der Waals surface area contributed by atoms with Gasteiger partial charge in [-0.15, -0.1) is 0 Å². The first-order chi connectivity index (χ1) is 13.2. The predicted molar refractivity (Wildman–Crippen MR) is 99.2 cm³/mol. The van der Waals surface area contributed by atoms with E-state index in [9.17, 15) is 14.9 Å². The molecule has 0 fully saturated rings. The Morgan fingerprint density at radius 3 is 2.68 bits per heavy atom. The van der Waals surface area contributed by atoms with E-state index in [1.165, 1.54) is 19.1 Å². The van der Waals surface area contributed by atoms with Crippen molar-refractivity contribution in [2.24, 2.45) is 5.73 Å². The topological polar surface area (TPSA) is 132 Å².